The highest BCUT2D eigenvalue weighted by Gasteiger charge is 2.15. The lowest BCUT2D eigenvalue weighted by Crippen LogP contribution is -2.05. The Morgan fingerprint density at radius 3 is 2.79 bits per heavy atom. The molecule has 0 amide bonds. The molecule has 0 unspecified atom stereocenters. The van der Waals surface area contributed by atoms with Crippen LogP contribution in [0.3, 0.4) is 0 Å². The van der Waals surface area contributed by atoms with Gasteiger partial charge >= 0.3 is 5.95 Å². The van der Waals surface area contributed by atoms with Gasteiger partial charge in [0, 0.05) is 14.1 Å². The van der Waals surface area contributed by atoms with Gasteiger partial charge in [-0.1, -0.05) is 4.98 Å². The minimum absolute atomic E-state index is 0.190. The summed E-state index contributed by atoms with van der Waals surface area (Å²) in [6.45, 7) is 0. The predicted molar refractivity (Wildman–Crippen MR) is 51.1 cm³/mol. The molecule has 76 valence electrons. The summed E-state index contributed by atoms with van der Waals surface area (Å²) >= 11 is 0. The Hall–Kier alpha value is -1.92. The Kier molecular flexibility index (Phi) is 2.80. The van der Waals surface area contributed by atoms with Crippen molar-refractivity contribution in [1.82, 2.24) is 14.6 Å². The van der Waals surface area contributed by atoms with Crippen LogP contribution in [-0.4, -0.2) is 39.8 Å². The quantitative estimate of drug-likeness (QED) is 0.394. The van der Waals surface area contributed by atoms with Crippen molar-refractivity contribution < 1.29 is 4.92 Å². The van der Waals surface area contributed by atoms with Crippen LogP contribution in [0.1, 0.15) is 5.69 Å². The minimum Gasteiger partial charge on any atom is -0.390 e. The van der Waals surface area contributed by atoms with Gasteiger partial charge in [0.25, 0.3) is 0 Å². The molecule has 0 fully saturated rings. The second kappa shape index (κ2) is 3.86. The number of hydrazone groups is 1. The molecule has 1 aromatic rings. The molecule has 0 atom stereocenters. The maximum absolute atomic E-state index is 10.4. The lowest BCUT2D eigenvalue weighted by Gasteiger charge is -2.01. The molecule has 14 heavy (non-hydrogen) atoms. The van der Waals surface area contributed by atoms with Crippen LogP contribution >= 0.6 is 0 Å². The summed E-state index contributed by atoms with van der Waals surface area (Å²) in [5, 5.41) is 16.0. The van der Waals surface area contributed by atoms with E-state index < -0.39 is 4.92 Å². The van der Waals surface area contributed by atoms with Crippen LogP contribution < -0.4 is 0 Å². The topological polar surface area (TPSA) is 76.6 Å². The molecule has 1 aromatic heterocycles. The van der Waals surface area contributed by atoms with Crippen LogP contribution in [0.5, 0.6) is 0 Å². The average molecular weight is 197 g/mol. The van der Waals surface area contributed by atoms with Gasteiger partial charge in [-0.05, 0) is 4.92 Å². The Balaban J connectivity index is 2.96. The fourth-order valence-electron chi connectivity index (χ4n) is 0.877. The van der Waals surface area contributed by atoms with Gasteiger partial charge in [0.2, 0.25) is 0 Å². The highest BCUT2D eigenvalue weighted by Crippen LogP contribution is 2.08. The molecule has 7 nitrogen and oxygen atoms in total. The van der Waals surface area contributed by atoms with Crippen LogP contribution in [0, 0.1) is 10.1 Å². The van der Waals surface area contributed by atoms with Crippen molar-refractivity contribution in [3.05, 3.63) is 22.0 Å². The van der Waals surface area contributed by atoms with Gasteiger partial charge in [-0.2, -0.15) is 5.10 Å². The van der Waals surface area contributed by atoms with Gasteiger partial charge in [-0.25, -0.2) is 4.57 Å². The molecule has 0 aromatic carbocycles. The zero-order valence-corrected chi connectivity index (χ0v) is 8.21. The number of hydrogen-bond donors (Lipinski definition) is 0. The van der Waals surface area contributed by atoms with E-state index in [1.165, 1.54) is 17.0 Å². The molecular formula is C7H11N5O2. The molecule has 0 aliphatic rings. The van der Waals surface area contributed by atoms with Crippen molar-refractivity contribution in [3.8, 4) is 0 Å². The number of hydrogen-bond acceptors (Lipinski definition) is 5. The van der Waals surface area contributed by atoms with Gasteiger partial charge in [-0.15, -0.1) is 0 Å². The van der Waals surface area contributed by atoms with Gasteiger partial charge in [0.05, 0.1) is 13.3 Å². The number of imidazole rings is 1. The smallest absolute Gasteiger partial charge is 0.390 e. The van der Waals surface area contributed by atoms with Crippen molar-refractivity contribution in [1.29, 1.82) is 0 Å². The van der Waals surface area contributed by atoms with E-state index in [0.717, 1.165) is 0 Å². The van der Waals surface area contributed by atoms with Crippen LogP contribution in [0.2, 0.25) is 0 Å². The normalized spacial score (nSPS) is 10.8. The van der Waals surface area contributed by atoms with E-state index in [9.17, 15) is 10.1 Å². The highest BCUT2D eigenvalue weighted by molar-refractivity contribution is 5.77. The summed E-state index contributed by atoms with van der Waals surface area (Å²) in [5.41, 5.74) is 0.588. The van der Waals surface area contributed by atoms with Crippen LogP contribution in [0.25, 0.3) is 0 Å². The first-order chi connectivity index (χ1) is 6.52. The molecule has 1 rings (SSSR count). The number of nitrogens with zero attached hydrogens (tertiary/aromatic N) is 5. The second-order valence-electron chi connectivity index (χ2n) is 2.89. The first-order valence-electron chi connectivity index (χ1n) is 3.89. The number of aromatic nitrogens is 2. The molecule has 0 N–H and O–H groups in total. The van der Waals surface area contributed by atoms with Crippen LogP contribution in [0.4, 0.5) is 5.95 Å². The molecule has 0 aliphatic heterocycles. The monoisotopic (exact) mass is 197 g/mol. The summed E-state index contributed by atoms with van der Waals surface area (Å²) < 4.78 is 1.37. The Morgan fingerprint density at radius 1 is 1.71 bits per heavy atom. The zero-order chi connectivity index (χ0) is 10.7. The second-order valence-corrected chi connectivity index (χ2v) is 2.89. The highest BCUT2D eigenvalue weighted by atomic mass is 16.6. The summed E-state index contributed by atoms with van der Waals surface area (Å²) in [7, 11) is 5.10. The molecule has 1 heterocycles. The first kappa shape index (κ1) is 10.2. The zero-order valence-electron chi connectivity index (χ0n) is 8.21. The summed E-state index contributed by atoms with van der Waals surface area (Å²) in [4.78, 5) is 13.6. The summed E-state index contributed by atoms with van der Waals surface area (Å²) in [6, 6.07) is 0. The molecular weight excluding hydrogens is 186 g/mol. The third kappa shape index (κ3) is 2.06. The minimum atomic E-state index is -0.535. The van der Waals surface area contributed by atoms with E-state index in [1.807, 2.05) is 0 Å². The van der Waals surface area contributed by atoms with Crippen molar-refractivity contribution >= 4 is 12.2 Å². The van der Waals surface area contributed by atoms with E-state index in [4.69, 9.17) is 0 Å². The van der Waals surface area contributed by atoms with Gasteiger partial charge in [0.1, 0.15) is 6.20 Å². The van der Waals surface area contributed by atoms with Gasteiger partial charge in [-0.3, -0.25) is 0 Å². The molecule has 0 saturated carbocycles. The maximum atomic E-state index is 10.4. The lowest BCUT2D eigenvalue weighted by atomic mass is 10.5. The van der Waals surface area contributed by atoms with Crippen molar-refractivity contribution in [3.63, 3.8) is 0 Å². The Labute approximate surface area is 80.8 Å². The number of rotatable bonds is 3. The summed E-state index contributed by atoms with van der Waals surface area (Å²) in [6.07, 6.45) is 2.92. The molecule has 0 bridgehead atoms. The third-order valence-corrected chi connectivity index (χ3v) is 1.58. The molecule has 0 radical (unpaired) electrons. The molecule has 7 heteroatoms. The average Bonchev–Trinajstić information content (AvgIpc) is 2.43. The largest absolute Gasteiger partial charge is 0.434 e. The Bertz CT molecular complexity index is 368. The third-order valence-electron chi connectivity index (χ3n) is 1.58. The SMILES string of the molecule is CN(C)N=Cc1cnc([N+](=O)[O-])n1C. The standard InChI is InChI=1S/C7H11N5O2/c1-10(2)9-5-6-4-8-7(11(6)3)12(13)14/h4-5H,1-3H3. The van der Waals surface area contributed by atoms with Gasteiger partial charge < -0.3 is 15.1 Å². The molecule has 0 saturated heterocycles. The van der Waals surface area contributed by atoms with E-state index in [1.54, 1.807) is 26.2 Å². The summed E-state index contributed by atoms with van der Waals surface area (Å²) in [5.74, 6) is -0.190. The fourth-order valence-corrected chi connectivity index (χ4v) is 0.877. The Morgan fingerprint density at radius 2 is 2.36 bits per heavy atom. The van der Waals surface area contributed by atoms with Crippen LogP contribution in [0.15, 0.2) is 11.3 Å². The lowest BCUT2D eigenvalue weighted by molar-refractivity contribution is -0.396. The maximum Gasteiger partial charge on any atom is 0.434 e. The van der Waals surface area contributed by atoms with E-state index in [2.05, 4.69) is 10.1 Å². The first-order valence-corrected chi connectivity index (χ1v) is 3.89. The van der Waals surface area contributed by atoms with E-state index in [0.29, 0.717) is 5.69 Å². The predicted octanol–water partition coefficient (Wildman–Crippen LogP) is 0.224. The van der Waals surface area contributed by atoms with E-state index >= 15 is 0 Å². The molecule has 0 spiro atoms. The van der Waals surface area contributed by atoms with Crippen molar-refractivity contribution in [2.75, 3.05) is 14.1 Å². The number of nitro groups is 1. The van der Waals surface area contributed by atoms with Crippen molar-refractivity contribution in [2.24, 2.45) is 12.1 Å². The van der Waals surface area contributed by atoms with Crippen LogP contribution in [-0.2, 0) is 7.05 Å². The van der Waals surface area contributed by atoms with E-state index in [-0.39, 0.29) is 5.95 Å². The molecule has 0 aliphatic carbocycles. The van der Waals surface area contributed by atoms with Crippen molar-refractivity contribution in [2.45, 2.75) is 0 Å². The fraction of sp³-hybridized carbons (Fsp3) is 0.429. The van der Waals surface area contributed by atoms with Gasteiger partial charge in [0.15, 0.2) is 5.69 Å².